The minimum absolute atomic E-state index is 0.187. The van der Waals surface area contributed by atoms with Crippen molar-refractivity contribution >= 4 is 33.4 Å². The lowest BCUT2D eigenvalue weighted by Gasteiger charge is -2.11. The smallest absolute Gasteiger partial charge is 0.319 e. The van der Waals surface area contributed by atoms with E-state index in [1.165, 1.54) is 35.0 Å². The summed E-state index contributed by atoms with van der Waals surface area (Å²) in [5.74, 6) is 0. The molecule has 4 nitrogen and oxygen atoms in total. The van der Waals surface area contributed by atoms with Crippen molar-refractivity contribution in [2.75, 3.05) is 5.32 Å². The summed E-state index contributed by atoms with van der Waals surface area (Å²) in [6, 6.07) is 20.2. The van der Waals surface area contributed by atoms with E-state index in [-0.39, 0.29) is 6.03 Å². The van der Waals surface area contributed by atoms with E-state index in [9.17, 15) is 4.79 Å². The third-order valence-corrected chi connectivity index (χ3v) is 5.65. The van der Waals surface area contributed by atoms with Crippen molar-refractivity contribution in [1.82, 2.24) is 10.3 Å². The second-order valence-corrected chi connectivity index (χ2v) is 7.50. The number of aromatic nitrogens is 1. The number of fused-ring (bicyclic) bond motifs is 4. The number of carbonyl (C=O) groups excluding carboxylic acids is 1. The highest BCUT2D eigenvalue weighted by atomic mass is 16.2. The Bertz CT molecular complexity index is 1170. The number of hydrogen-bond donors (Lipinski definition) is 3. The van der Waals surface area contributed by atoms with Gasteiger partial charge in [0.15, 0.2) is 0 Å². The molecule has 0 atom stereocenters. The van der Waals surface area contributed by atoms with Gasteiger partial charge in [0.05, 0.1) is 5.69 Å². The summed E-state index contributed by atoms with van der Waals surface area (Å²) in [7, 11) is 0. The molecule has 0 saturated carbocycles. The van der Waals surface area contributed by atoms with E-state index in [1.54, 1.807) is 0 Å². The predicted molar refractivity (Wildman–Crippen MR) is 115 cm³/mol. The lowest BCUT2D eigenvalue weighted by atomic mass is 9.95. The van der Waals surface area contributed by atoms with Crippen LogP contribution in [0.2, 0.25) is 0 Å². The number of benzene rings is 3. The molecule has 3 N–H and O–H groups in total. The highest BCUT2D eigenvalue weighted by Crippen LogP contribution is 2.29. The summed E-state index contributed by atoms with van der Waals surface area (Å²) in [5, 5.41) is 9.43. The summed E-state index contributed by atoms with van der Waals surface area (Å²) in [4.78, 5) is 16.0. The molecular weight excluding hydrogens is 346 g/mol. The Kier molecular flexibility index (Phi) is 4.24. The van der Waals surface area contributed by atoms with Crippen molar-refractivity contribution in [3.8, 4) is 0 Å². The molecule has 3 aromatic carbocycles. The zero-order valence-corrected chi connectivity index (χ0v) is 15.7. The van der Waals surface area contributed by atoms with E-state index in [0.29, 0.717) is 6.54 Å². The number of rotatable bonds is 3. The van der Waals surface area contributed by atoms with Crippen molar-refractivity contribution in [1.29, 1.82) is 0 Å². The molecule has 140 valence electrons. The van der Waals surface area contributed by atoms with Crippen molar-refractivity contribution in [2.45, 2.75) is 32.2 Å². The van der Waals surface area contributed by atoms with E-state index in [0.717, 1.165) is 34.9 Å². The molecule has 28 heavy (non-hydrogen) atoms. The van der Waals surface area contributed by atoms with E-state index in [2.05, 4.69) is 33.8 Å². The van der Waals surface area contributed by atoms with Crippen LogP contribution in [0.15, 0.2) is 60.7 Å². The van der Waals surface area contributed by atoms with Crippen LogP contribution in [0.5, 0.6) is 0 Å². The van der Waals surface area contributed by atoms with E-state index in [4.69, 9.17) is 0 Å². The van der Waals surface area contributed by atoms with Gasteiger partial charge in [0, 0.05) is 28.5 Å². The molecule has 0 radical (unpaired) electrons. The van der Waals surface area contributed by atoms with Gasteiger partial charge in [-0.15, -0.1) is 0 Å². The van der Waals surface area contributed by atoms with Crippen molar-refractivity contribution in [2.24, 2.45) is 0 Å². The maximum Gasteiger partial charge on any atom is 0.319 e. The number of aromatic amines is 1. The minimum Gasteiger partial charge on any atom is -0.358 e. The van der Waals surface area contributed by atoms with Crippen molar-refractivity contribution < 1.29 is 4.79 Å². The Labute approximate surface area is 164 Å². The molecule has 1 heterocycles. The summed E-state index contributed by atoms with van der Waals surface area (Å²) in [6.45, 7) is 0.506. The molecule has 0 unspecified atom stereocenters. The number of hydrogen-bond acceptors (Lipinski definition) is 1. The Hall–Kier alpha value is -3.27. The van der Waals surface area contributed by atoms with E-state index >= 15 is 0 Å². The van der Waals surface area contributed by atoms with Crippen LogP contribution in [0.4, 0.5) is 10.5 Å². The summed E-state index contributed by atoms with van der Waals surface area (Å²) < 4.78 is 0. The standard InChI is InChI=1S/C24H23N3O/c28-24(27-21-11-5-7-17-6-1-2-8-18(17)21)25-15-16-12-13-23-20(14-16)19-9-3-4-10-22(19)26-23/h1-2,5-8,11-14,26H,3-4,9-10,15H2,(H2,25,27,28). The molecule has 2 amide bonds. The third-order valence-electron chi connectivity index (χ3n) is 5.65. The second kappa shape index (κ2) is 7.04. The number of urea groups is 1. The quantitative estimate of drug-likeness (QED) is 0.437. The Morgan fingerprint density at radius 1 is 0.929 bits per heavy atom. The van der Waals surface area contributed by atoms with Gasteiger partial charge in [0.2, 0.25) is 0 Å². The highest BCUT2D eigenvalue weighted by Gasteiger charge is 2.15. The molecule has 0 saturated heterocycles. The number of H-pyrrole nitrogens is 1. The van der Waals surface area contributed by atoms with Crippen LogP contribution in [-0.4, -0.2) is 11.0 Å². The first-order valence-corrected chi connectivity index (χ1v) is 9.93. The number of amides is 2. The lowest BCUT2D eigenvalue weighted by Crippen LogP contribution is -2.28. The number of aryl methyl sites for hydroxylation is 2. The largest absolute Gasteiger partial charge is 0.358 e. The Morgan fingerprint density at radius 2 is 1.79 bits per heavy atom. The monoisotopic (exact) mass is 369 g/mol. The predicted octanol–water partition coefficient (Wildman–Crippen LogP) is 5.52. The number of anilines is 1. The van der Waals surface area contributed by atoms with Gasteiger partial charge < -0.3 is 15.6 Å². The van der Waals surface area contributed by atoms with Crippen LogP contribution in [0.25, 0.3) is 21.7 Å². The maximum atomic E-state index is 12.4. The van der Waals surface area contributed by atoms with Crippen LogP contribution >= 0.6 is 0 Å². The van der Waals surface area contributed by atoms with Crippen molar-refractivity contribution in [3.63, 3.8) is 0 Å². The van der Waals surface area contributed by atoms with Crippen molar-refractivity contribution in [3.05, 3.63) is 77.5 Å². The van der Waals surface area contributed by atoms with Gasteiger partial charge in [0.25, 0.3) is 0 Å². The minimum atomic E-state index is -0.187. The molecule has 0 fully saturated rings. The average Bonchev–Trinajstić information content (AvgIpc) is 3.10. The number of nitrogens with one attached hydrogen (secondary N) is 3. The number of carbonyl (C=O) groups is 1. The highest BCUT2D eigenvalue weighted by molar-refractivity contribution is 6.01. The molecule has 1 aliphatic rings. The molecule has 1 aromatic heterocycles. The normalized spacial score (nSPS) is 13.4. The van der Waals surface area contributed by atoms with Crippen LogP contribution < -0.4 is 10.6 Å². The molecule has 4 heteroatoms. The van der Waals surface area contributed by atoms with E-state index < -0.39 is 0 Å². The zero-order valence-electron chi connectivity index (χ0n) is 15.7. The SMILES string of the molecule is O=C(NCc1ccc2[nH]c3c(c2c1)CCCC3)Nc1cccc2ccccc12. The molecule has 1 aliphatic carbocycles. The van der Waals surface area contributed by atoms with Gasteiger partial charge in [-0.05, 0) is 60.4 Å². The molecular formula is C24H23N3O. The summed E-state index contributed by atoms with van der Waals surface area (Å²) >= 11 is 0. The Balaban J connectivity index is 1.31. The first-order valence-electron chi connectivity index (χ1n) is 9.93. The van der Waals surface area contributed by atoms with Crippen LogP contribution in [0.1, 0.15) is 29.7 Å². The second-order valence-electron chi connectivity index (χ2n) is 7.50. The van der Waals surface area contributed by atoms with Gasteiger partial charge in [-0.25, -0.2) is 4.79 Å². The molecule has 0 aliphatic heterocycles. The first kappa shape index (κ1) is 16.9. The van der Waals surface area contributed by atoms with E-state index in [1.807, 2.05) is 42.5 Å². The van der Waals surface area contributed by atoms with Crippen LogP contribution in [0, 0.1) is 0 Å². The topological polar surface area (TPSA) is 56.9 Å². The fraction of sp³-hybridized carbons (Fsp3) is 0.208. The van der Waals surface area contributed by atoms with Gasteiger partial charge in [-0.2, -0.15) is 0 Å². The van der Waals surface area contributed by atoms with Gasteiger partial charge in [0.1, 0.15) is 0 Å². The van der Waals surface area contributed by atoms with Gasteiger partial charge >= 0.3 is 6.03 Å². The maximum absolute atomic E-state index is 12.4. The Morgan fingerprint density at radius 3 is 2.75 bits per heavy atom. The summed E-state index contributed by atoms with van der Waals surface area (Å²) in [5.41, 5.74) is 6.00. The molecule has 0 bridgehead atoms. The van der Waals surface area contributed by atoms with Crippen LogP contribution in [-0.2, 0) is 19.4 Å². The molecule has 5 rings (SSSR count). The fourth-order valence-corrected chi connectivity index (χ4v) is 4.25. The van der Waals surface area contributed by atoms with Gasteiger partial charge in [-0.3, -0.25) is 0 Å². The zero-order chi connectivity index (χ0) is 18.9. The lowest BCUT2D eigenvalue weighted by molar-refractivity contribution is 0.252. The van der Waals surface area contributed by atoms with Gasteiger partial charge in [-0.1, -0.05) is 42.5 Å². The molecule has 4 aromatic rings. The third kappa shape index (κ3) is 3.11. The van der Waals surface area contributed by atoms with Crippen LogP contribution in [0.3, 0.4) is 0 Å². The summed E-state index contributed by atoms with van der Waals surface area (Å²) in [6.07, 6.45) is 4.82. The fourth-order valence-electron chi connectivity index (χ4n) is 4.25. The first-order chi connectivity index (χ1) is 13.8. The average molecular weight is 369 g/mol. The molecule has 0 spiro atoms.